The molecule has 0 aliphatic heterocycles. The number of hydrogen-bond acceptors (Lipinski definition) is 0. The Balaban J connectivity index is 1.86. The highest BCUT2D eigenvalue weighted by Crippen LogP contribution is 2.67. The van der Waals surface area contributed by atoms with Crippen LogP contribution in [0, 0.1) is 41.4 Å². The Hall–Kier alpha value is 0. The third kappa shape index (κ3) is 0.877. The predicted octanol–water partition coefficient (Wildman–Crippen LogP) is 3.57. The van der Waals surface area contributed by atoms with Crippen molar-refractivity contribution in [3.05, 3.63) is 0 Å². The van der Waals surface area contributed by atoms with Gasteiger partial charge in [0.05, 0.1) is 0 Å². The molecule has 0 aromatic carbocycles. The summed E-state index contributed by atoms with van der Waals surface area (Å²) < 4.78 is 0. The lowest BCUT2D eigenvalue weighted by atomic mass is 9.55. The standard InChI is InChI=1S/C13H22/c1-7-4-5-10-11(7)13-9(3)6-8(2)12(10)13/h7-13H,4-6H2,1-3H3. The van der Waals surface area contributed by atoms with E-state index in [4.69, 9.17) is 0 Å². The largest absolute Gasteiger partial charge is 0.0622 e. The van der Waals surface area contributed by atoms with Gasteiger partial charge in [-0.05, 0) is 54.3 Å². The molecule has 0 heterocycles. The maximum absolute atomic E-state index is 2.50. The Labute approximate surface area is 82.1 Å². The van der Waals surface area contributed by atoms with E-state index >= 15 is 0 Å². The van der Waals surface area contributed by atoms with E-state index in [1.807, 2.05) is 0 Å². The molecule has 7 unspecified atom stereocenters. The summed E-state index contributed by atoms with van der Waals surface area (Å²) in [6.07, 6.45) is 4.61. The highest BCUT2D eigenvalue weighted by Gasteiger charge is 2.60. The summed E-state index contributed by atoms with van der Waals surface area (Å²) in [5.41, 5.74) is 0. The summed E-state index contributed by atoms with van der Waals surface area (Å²) in [7, 11) is 0. The molecular weight excluding hydrogens is 156 g/mol. The van der Waals surface area contributed by atoms with E-state index in [0.29, 0.717) is 0 Å². The van der Waals surface area contributed by atoms with Crippen LogP contribution in [0.2, 0.25) is 0 Å². The van der Waals surface area contributed by atoms with Gasteiger partial charge in [-0.2, -0.15) is 0 Å². The van der Waals surface area contributed by atoms with Crippen molar-refractivity contribution < 1.29 is 0 Å². The van der Waals surface area contributed by atoms with Gasteiger partial charge in [0.15, 0.2) is 0 Å². The third-order valence-corrected chi connectivity index (χ3v) is 5.55. The minimum Gasteiger partial charge on any atom is -0.0622 e. The van der Waals surface area contributed by atoms with Gasteiger partial charge in [-0.15, -0.1) is 0 Å². The monoisotopic (exact) mass is 178 g/mol. The molecule has 0 saturated heterocycles. The average molecular weight is 178 g/mol. The van der Waals surface area contributed by atoms with E-state index in [1.165, 1.54) is 12.8 Å². The summed E-state index contributed by atoms with van der Waals surface area (Å²) in [4.78, 5) is 0. The lowest BCUT2D eigenvalue weighted by molar-refractivity contribution is -0.0291. The van der Waals surface area contributed by atoms with Crippen LogP contribution in [0.15, 0.2) is 0 Å². The van der Waals surface area contributed by atoms with Crippen LogP contribution in [0.25, 0.3) is 0 Å². The Kier molecular flexibility index (Phi) is 1.61. The summed E-state index contributed by atoms with van der Waals surface area (Å²) in [6.45, 7) is 7.50. The molecule has 0 radical (unpaired) electrons. The molecule has 0 N–H and O–H groups in total. The van der Waals surface area contributed by atoms with Crippen LogP contribution in [0.1, 0.15) is 40.0 Å². The van der Waals surface area contributed by atoms with Crippen molar-refractivity contribution >= 4 is 0 Å². The van der Waals surface area contributed by atoms with Crippen LogP contribution in [-0.4, -0.2) is 0 Å². The SMILES string of the molecule is CC1CCC2C1C1C(C)CC(C)C21. The molecule has 0 spiro atoms. The van der Waals surface area contributed by atoms with E-state index in [9.17, 15) is 0 Å². The third-order valence-electron chi connectivity index (χ3n) is 5.55. The molecule has 3 saturated carbocycles. The van der Waals surface area contributed by atoms with Gasteiger partial charge in [-0.1, -0.05) is 27.2 Å². The average Bonchev–Trinajstić information content (AvgIpc) is 2.37. The van der Waals surface area contributed by atoms with Crippen LogP contribution >= 0.6 is 0 Å². The first kappa shape index (κ1) is 8.32. The minimum atomic E-state index is 1.04. The molecule has 13 heavy (non-hydrogen) atoms. The normalized spacial score (nSPS) is 64.4. The van der Waals surface area contributed by atoms with Gasteiger partial charge in [-0.25, -0.2) is 0 Å². The Morgan fingerprint density at radius 1 is 0.692 bits per heavy atom. The fourth-order valence-corrected chi connectivity index (χ4v) is 5.23. The second kappa shape index (κ2) is 2.52. The van der Waals surface area contributed by atoms with E-state index in [1.54, 1.807) is 6.42 Å². The second-order valence-electron chi connectivity index (χ2n) is 6.14. The van der Waals surface area contributed by atoms with Gasteiger partial charge in [0.25, 0.3) is 0 Å². The fourth-order valence-electron chi connectivity index (χ4n) is 5.23. The van der Waals surface area contributed by atoms with Crippen molar-refractivity contribution in [3.8, 4) is 0 Å². The lowest BCUT2D eigenvalue weighted by Crippen LogP contribution is -2.46. The first-order chi connectivity index (χ1) is 6.20. The molecule has 0 bridgehead atoms. The van der Waals surface area contributed by atoms with Gasteiger partial charge >= 0.3 is 0 Å². The zero-order valence-corrected chi connectivity index (χ0v) is 9.16. The van der Waals surface area contributed by atoms with Gasteiger partial charge in [-0.3, -0.25) is 0 Å². The van der Waals surface area contributed by atoms with Gasteiger partial charge in [0.1, 0.15) is 0 Å². The van der Waals surface area contributed by atoms with E-state index in [-0.39, 0.29) is 0 Å². The zero-order chi connectivity index (χ0) is 9.16. The molecule has 7 atom stereocenters. The van der Waals surface area contributed by atoms with Crippen LogP contribution in [0.4, 0.5) is 0 Å². The Morgan fingerprint density at radius 2 is 1.31 bits per heavy atom. The molecule has 3 aliphatic carbocycles. The highest BCUT2D eigenvalue weighted by molar-refractivity contribution is 5.09. The van der Waals surface area contributed by atoms with Crippen molar-refractivity contribution in [2.24, 2.45) is 41.4 Å². The molecule has 0 heteroatoms. The number of fused-ring (bicyclic) bond motifs is 4. The van der Waals surface area contributed by atoms with Crippen molar-refractivity contribution in [2.75, 3.05) is 0 Å². The van der Waals surface area contributed by atoms with Crippen LogP contribution < -0.4 is 0 Å². The molecule has 0 amide bonds. The molecular formula is C13H22. The fraction of sp³-hybridized carbons (Fsp3) is 1.00. The first-order valence-electron chi connectivity index (χ1n) is 6.20. The minimum absolute atomic E-state index is 1.04. The number of rotatable bonds is 0. The maximum Gasteiger partial charge on any atom is -0.0321 e. The van der Waals surface area contributed by atoms with Crippen LogP contribution in [-0.2, 0) is 0 Å². The van der Waals surface area contributed by atoms with Crippen molar-refractivity contribution in [1.82, 2.24) is 0 Å². The molecule has 3 aliphatic rings. The molecule has 3 rings (SSSR count). The Morgan fingerprint density at radius 3 is 2.08 bits per heavy atom. The Bertz CT molecular complexity index is 214. The van der Waals surface area contributed by atoms with Crippen LogP contribution in [0.3, 0.4) is 0 Å². The topological polar surface area (TPSA) is 0 Å². The predicted molar refractivity (Wildman–Crippen MR) is 55.3 cm³/mol. The van der Waals surface area contributed by atoms with Crippen LogP contribution in [0.5, 0.6) is 0 Å². The smallest absolute Gasteiger partial charge is 0.0321 e. The molecule has 0 aromatic heterocycles. The molecule has 3 fully saturated rings. The van der Waals surface area contributed by atoms with E-state index in [0.717, 1.165) is 41.4 Å². The van der Waals surface area contributed by atoms with Gasteiger partial charge < -0.3 is 0 Å². The maximum atomic E-state index is 2.50. The quantitative estimate of drug-likeness (QED) is 0.532. The van der Waals surface area contributed by atoms with Crippen molar-refractivity contribution in [2.45, 2.75) is 40.0 Å². The summed E-state index contributed by atoms with van der Waals surface area (Å²) in [5, 5.41) is 0. The van der Waals surface area contributed by atoms with Gasteiger partial charge in [0, 0.05) is 0 Å². The highest BCUT2D eigenvalue weighted by atomic mass is 14.7. The lowest BCUT2D eigenvalue weighted by Gasteiger charge is -2.50. The first-order valence-corrected chi connectivity index (χ1v) is 6.20. The van der Waals surface area contributed by atoms with E-state index in [2.05, 4.69) is 20.8 Å². The molecule has 0 aromatic rings. The summed E-state index contributed by atoms with van der Waals surface area (Å²) in [5.74, 6) is 7.72. The van der Waals surface area contributed by atoms with Crippen molar-refractivity contribution in [1.29, 1.82) is 0 Å². The summed E-state index contributed by atoms with van der Waals surface area (Å²) in [6, 6.07) is 0. The zero-order valence-electron chi connectivity index (χ0n) is 9.16. The van der Waals surface area contributed by atoms with Crippen molar-refractivity contribution in [3.63, 3.8) is 0 Å². The molecule has 74 valence electrons. The van der Waals surface area contributed by atoms with E-state index < -0.39 is 0 Å². The van der Waals surface area contributed by atoms with Gasteiger partial charge in [0.2, 0.25) is 0 Å². The number of hydrogen-bond donors (Lipinski definition) is 0. The molecule has 0 nitrogen and oxygen atoms in total. The summed E-state index contributed by atoms with van der Waals surface area (Å²) >= 11 is 0. The second-order valence-corrected chi connectivity index (χ2v) is 6.14.